The summed E-state index contributed by atoms with van der Waals surface area (Å²) in [5.74, 6) is -0.654. The molecule has 0 amide bonds. The Morgan fingerprint density at radius 1 is 1.17 bits per heavy atom. The minimum atomic E-state index is -0.654. The summed E-state index contributed by atoms with van der Waals surface area (Å²) in [6.45, 7) is 0. The maximum Gasteiger partial charge on any atom is 0.343 e. The number of methoxy groups -OCH3 is 1. The topological polar surface area (TPSA) is 66.1 Å². The first-order valence-electron chi connectivity index (χ1n) is 7.00. The molecule has 0 aliphatic heterocycles. The van der Waals surface area contributed by atoms with E-state index in [1.54, 1.807) is 24.1 Å². The van der Waals surface area contributed by atoms with Crippen LogP contribution in [0.1, 0.15) is 10.4 Å². The zero-order valence-corrected chi connectivity index (χ0v) is 12.8. The van der Waals surface area contributed by atoms with Gasteiger partial charge in [0.1, 0.15) is 5.56 Å². The van der Waals surface area contributed by atoms with E-state index in [4.69, 9.17) is 0 Å². The number of hydrogen-bond acceptors (Lipinski definition) is 4. The summed E-state index contributed by atoms with van der Waals surface area (Å²) in [6, 6.07) is 13.0. The molecule has 0 aliphatic carbocycles. The van der Waals surface area contributed by atoms with Crippen LogP contribution < -0.4 is 5.56 Å². The molecule has 0 radical (unpaired) electrons. The number of aryl methyl sites for hydroxylation is 1. The van der Waals surface area contributed by atoms with E-state index < -0.39 is 11.5 Å². The Labute approximate surface area is 132 Å². The number of hydrogen-bond donors (Lipinski definition) is 0. The van der Waals surface area contributed by atoms with Crippen molar-refractivity contribution >= 4 is 5.97 Å². The third-order valence-corrected chi connectivity index (χ3v) is 3.53. The van der Waals surface area contributed by atoms with Crippen LogP contribution in [0.5, 0.6) is 0 Å². The molecule has 6 heteroatoms. The zero-order valence-electron chi connectivity index (χ0n) is 12.8. The predicted octanol–water partition coefficient (Wildman–Crippen LogP) is 2.02. The highest BCUT2D eigenvalue weighted by Crippen LogP contribution is 2.22. The number of aromatic nitrogens is 3. The van der Waals surface area contributed by atoms with E-state index >= 15 is 0 Å². The van der Waals surface area contributed by atoms with Gasteiger partial charge in [0.25, 0.3) is 5.56 Å². The number of pyridine rings is 1. The number of rotatable bonds is 3. The summed E-state index contributed by atoms with van der Waals surface area (Å²) >= 11 is 0. The van der Waals surface area contributed by atoms with Gasteiger partial charge >= 0.3 is 5.97 Å². The molecular weight excluding hydrogens is 294 g/mol. The van der Waals surface area contributed by atoms with Gasteiger partial charge in [-0.05, 0) is 24.3 Å². The van der Waals surface area contributed by atoms with Gasteiger partial charge in [0, 0.05) is 18.8 Å². The summed E-state index contributed by atoms with van der Waals surface area (Å²) < 4.78 is 7.80. The van der Waals surface area contributed by atoms with Crippen molar-refractivity contribution in [3.63, 3.8) is 0 Å². The molecule has 23 heavy (non-hydrogen) atoms. The molecule has 0 atom stereocenters. The van der Waals surface area contributed by atoms with Gasteiger partial charge in [-0.3, -0.25) is 4.79 Å². The van der Waals surface area contributed by atoms with Gasteiger partial charge in [-0.1, -0.05) is 18.2 Å². The maximum atomic E-state index is 12.1. The third-order valence-electron chi connectivity index (χ3n) is 3.53. The van der Waals surface area contributed by atoms with E-state index in [1.807, 2.05) is 36.4 Å². The highest BCUT2D eigenvalue weighted by atomic mass is 16.5. The molecule has 116 valence electrons. The lowest BCUT2D eigenvalue weighted by Crippen LogP contribution is -2.25. The fraction of sp³-hybridized carbons (Fsp3) is 0.118. The van der Waals surface area contributed by atoms with E-state index in [9.17, 15) is 9.59 Å². The highest BCUT2D eigenvalue weighted by Gasteiger charge is 2.16. The van der Waals surface area contributed by atoms with Crippen LogP contribution in [0.3, 0.4) is 0 Å². The quantitative estimate of drug-likeness (QED) is 0.694. The number of carbonyl (C=O) groups excluding carboxylic acids is 1. The van der Waals surface area contributed by atoms with Gasteiger partial charge in [0.15, 0.2) is 0 Å². The molecule has 0 N–H and O–H groups in total. The van der Waals surface area contributed by atoms with Gasteiger partial charge < -0.3 is 9.30 Å². The van der Waals surface area contributed by atoms with Crippen LogP contribution in [0.4, 0.5) is 0 Å². The largest absolute Gasteiger partial charge is 0.465 e. The van der Waals surface area contributed by atoms with Gasteiger partial charge in [0.05, 0.1) is 24.7 Å². The van der Waals surface area contributed by atoms with Crippen molar-refractivity contribution in [1.82, 2.24) is 14.3 Å². The third kappa shape index (κ3) is 2.66. The number of benzene rings is 1. The molecule has 2 aromatic heterocycles. The number of esters is 1. The number of carbonyl (C=O) groups is 1. The number of ether oxygens (including phenoxy) is 1. The van der Waals surface area contributed by atoms with Crippen LogP contribution in [0.25, 0.3) is 16.9 Å². The second kappa shape index (κ2) is 5.92. The van der Waals surface area contributed by atoms with Crippen LogP contribution in [0.2, 0.25) is 0 Å². The summed E-state index contributed by atoms with van der Waals surface area (Å²) in [5.41, 5.74) is 1.96. The van der Waals surface area contributed by atoms with Crippen molar-refractivity contribution in [2.75, 3.05) is 7.11 Å². The maximum absolute atomic E-state index is 12.1. The standard InChI is InChI=1S/C17H15N3O3/c1-19-11-12(10-14(16(19)21)17(22)23-2)15-8-9-18-20(15)13-6-4-3-5-7-13/h3-11H,1-2H3. The average Bonchev–Trinajstić information content (AvgIpc) is 3.07. The molecule has 6 nitrogen and oxygen atoms in total. The van der Waals surface area contributed by atoms with Crippen molar-refractivity contribution in [2.24, 2.45) is 7.05 Å². The molecule has 0 unspecified atom stereocenters. The van der Waals surface area contributed by atoms with Crippen LogP contribution in [0.15, 0.2) is 59.7 Å². The first kappa shape index (κ1) is 14.8. The van der Waals surface area contributed by atoms with Crippen LogP contribution in [0, 0.1) is 0 Å². The molecule has 0 bridgehead atoms. The van der Waals surface area contributed by atoms with Gasteiger partial charge in [-0.2, -0.15) is 5.10 Å². The first-order chi connectivity index (χ1) is 11.1. The Balaban J connectivity index is 2.18. The molecule has 3 rings (SSSR count). The molecule has 1 aromatic carbocycles. The average molecular weight is 309 g/mol. The first-order valence-corrected chi connectivity index (χ1v) is 7.00. The summed E-state index contributed by atoms with van der Waals surface area (Å²) in [6.07, 6.45) is 3.34. The van der Waals surface area contributed by atoms with E-state index in [0.29, 0.717) is 5.56 Å². The second-order valence-corrected chi connectivity index (χ2v) is 5.01. The molecule has 0 spiro atoms. The van der Waals surface area contributed by atoms with Crippen molar-refractivity contribution < 1.29 is 9.53 Å². The van der Waals surface area contributed by atoms with Crippen LogP contribution in [-0.4, -0.2) is 27.4 Å². The van der Waals surface area contributed by atoms with Crippen molar-refractivity contribution in [3.8, 4) is 16.9 Å². The molecule has 0 saturated heterocycles. The van der Waals surface area contributed by atoms with Gasteiger partial charge in [0.2, 0.25) is 0 Å². The minimum Gasteiger partial charge on any atom is -0.465 e. The lowest BCUT2D eigenvalue weighted by Gasteiger charge is -2.10. The number of nitrogens with zero attached hydrogens (tertiary/aromatic N) is 3. The second-order valence-electron chi connectivity index (χ2n) is 5.01. The highest BCUT2D eigenvalue weighted by molar-refractivity contribution is 5.90. The normalized spacial score (nSPS) is 10.5. The Hall–Kier alpha value is -3.15. The Kier molecular flexibility index (Phi) is 3.80. The van der Waals surface area contributed by atoms with Gasteiger partial charge in [-0.15, -0.1) is 0 Å². The molecule has 3 aromatic rings. The lowest BCUT2D eigenvalue weighted by atomic mass is 10.1. The fourth-order valence-corrected chi connectivity index (χ4v) is 2.40. The van der Waals surface area contributed by atoms with Crippen molar-refractivity contribution in [1.29, 1.82) is 0 Å². The number of para-hydroxylation sites is 1. The van der Waals surface area contributed by atoms with Gasteiger partial charge in [-0.25, -0.2) is 9.48 Å². The summed E-state index contributed by atoms with van der Waals surface area (Å²) in [4.78, 5) is 23.9. The minimum absolute atomic E-state index is 0.00619. The van der Waals surface area contributed by atoms with E-state index in [-0.39, 0.29) is 5.56 Å². The van der Waals surface area contributed by atoms with Crippen molar-refractivity contribution in [3.05, 3.63) is 70.8 Å². The van der Waals surface area contributed by atoms with E-state index in [0.717, 1.165) is 11.4 Å². The van der Waals surface area contributed by atoms with Crippen LogP contribution in [-0.2, 0) is 11.8 Å². The summed E-state index contributed by atoms with van der Waals surface area (Å²) in [7, 11) is 2.85. The zero-order chi connectivity index (χ0) is 16.4. The monoisotopic (exact) mass is 309 g/mol. The SMILES string of the molecule is COC(=O)c1cc(-c2ccnn2-c2ccccc2)cn(C)c1=O. The smallest absolute Gasteiger partial charge is 0.343 e. The fourth-order valence-electron chi connectivity index (χ4n) is 2.40. The Bertz CT molecular complexity index is 910. The molecular formula is C17H15N3O3. The molecule has 0 fully saturated rings. The Morgan fingerprint density at radius 2 is 1.91 bits per heavy atom. The molecule has 0 saturated carbocycles. The van der Waals surface area contributed by atoms with E-state index in [1.165, 1.54) is 17.7 Å². The lowest BCUT2D eigenvalue weighted by molar-refractivity contribution is 0.0598. The molecule has 2 heterocycles. The van der Waals surface area contributed by atoms with E-state index in [2.05, 4.69) is 9.84 Å². The van der Waals surface area contributed by atoms with Crippen molar-refractivity contribution in [2.45, 2.75) is 0 Å². The predicted molar refractivity (Wildman–Crippen MR) is 85.6 cm³/mol. The summed E-state index contributed by atoms with van der Waals surface area (Å²) in [5, 5.41) is 4.32. The van der Waals surface area contributed by atoms with Crippen LogP contribution >= 0.6 is 0 Å². The molecule has 0 aliphatic rings. The Morgan fingerprint density at radius 3 is 2.61 bits per heavy atom.